The van der Waals surface area contributed by atoms with E-state index in [9.17, 15) is 4.79 Å². The zero-order valence-corrected chi connectivity index (χ0v) is 9.96. The van der Waals surface area contributed by atoms with Crippen LogP contribution in [0.25, 0.3) is 0 Å². The summed E-state index contributed by atoms with van der Waals surface area (Å²) >= 11 is 0. The van der Waals surface area contributed by atoms with Crippen LogP contribution in [-0.2, 0) is 4.74 Å². The molecule has 1 aliphatic heterocycles. The standard InChI is InChI=1S/C12H16N2O4/c13-9-4-5-10(12(15)16)14-11(9)18-7-8-3-1-2-6-17-8/h4-5,8H,1-3,6-7,13H2,(H,15,16). The molecule has 98 valence electrons. The molecule has 3 N–H and O–H groups in total. The lowest BCUT2D eigenvalue weighted by molar-refractivity contribution is -0.0118. The molecule has 0 bridgehead atoms. The number of aromatic nitrogens is 1. The van der Waals surface area contributed by atoms with Crippen molar-refractivity contribution in [3.63, 3.8) is 0 Å². The van der Waals surface area contributed by atoms with Crippen LogP contribution in [0.4, 0.5) is 5.69 Å². The summed E-state index contributed by atoms with van der Waals surface area (Å²) in [5.41, 5.74) is 5.93. The SMILES string of the molecule is Nc1ccc(C(=O)O)nc1OCC1CCCCO1. The van der Waals surface area contributed by atoms with Crippen molar-refractivity contribution in [2.24, 2.45) is 0 Å². The van der Waals surface area contributed by atoms with E-state index in [2.05, 4.69) is 4.98 Å². The number of hydrogen-bond donors (Lipinski definition) is 2. The second-order valence-corrected chi connectivity index (χ2v) is 4.20. The summed E-state index contributed by atoms with van der Waals surface area (Å²) < 4.78 is 10.9. The number of rotatable bonds is 4. The highest BCUT2D eigenvalue weighted by Gasteiger charge is 2.16. The Kier molecular flexibility index (Phi) is 3.99. The third kappa shape index (κ3) is 3.10. The van der Waals surface area contributed by atoms with Gasteiger partial charge in [0.1, 0.15) is 6.61 Å². The zero-order chi connectivity index (χ0) is 13.0. The first kappa shape index (κ1) is 12.6. The molecule has 2 rings (SSSR count). The number of nitrogens with zero attached hydrogens (tertiary/aromatic N) is 1. The summed E-state index contributed by atoms with van der Waals surface area (Å²) in [6.07, 6.45) is 3.17. The van der Waals surface area contributed by atoms with Gasteiger partial charge in [0, 0.05) is 6.61 Å². The lowest BCUT2D eigenvalue weighted by Gasteiger charge is -2.22. The Labute approximate surface area is 105 Å². The zero-order valence-electron chi connectivity index (χ0n) is 9.96. The van der Waals surface area contributed by atoms with Crippen LogP contribution in [0.2, 0.25) is 0 Å². The van der Waals surface area contributed by atoms with Gasteiger partial charge in [0.15, 0.2) is 5.69 Å². The predicted molar refractivity (Wildman–Crippen MR) is 64.7 cm³/mol. The van der Waals surface area contributed by atoms with Crippen LogP contribution in [0.5, 0.6) is 5.88 Å². The average molecular weight is 252 g/mol. The lowest BCUT2D eigenvalue weighted by atomic mass is 10.1. The van der Waals surface area contributed by atoms with Crippen molar-refractivity contribution in [2.75, 3.05) is 18.9 Å². The minimum absolute atomic E-state index is 0.0356. The molecule has 0 aromatic carbocycles. The highest BCUT2D eigenvalue weighted by atomic mass is 16.5. The van der Waals surface area contributed by atoms with E-state index in [1.54, 1.807) is 0 Å². The van der Waals surface area contributed by atoms with E-state index < -0.39 is 5.97 Å². The average Bonchev–Trinajstić information content (AvgIpc) is 2.38. The Morgan fingerprint density at radius 1 is 1.56 bits per heavy atom. The Hall–Kier alpha value is -1.82. The molecule has 0 saturated carbocycles. The third-order valence-corrected chi connectivity index (χ3v) is 2.79. The number of carboxylic acids is 1. The second-order valence-electron chi connectivity index (χ2n) is 4.20. The monoisotopic (exact) mass is 252 g/mol. The summed E-state index contributed by atoms with van der Waals surface area (Å²) in [6, 6.07) is 2.83. The van der Waals surface area contributed by atoms with E-state index in [1.807, 2.05) is 0 Å². The number of anilines is 1. The normalized spacial score (nSPS) is 19.4. The smallest absolute Gasteiger partial charge is 0.354 e. The van der Waals surface area contributed by atoms with Crippen LogP contribution in [0, 0.1) is 0 Å². The van der Waals surface area contributed by atoms with E-state index >= 15 is 0 Å². The molecule has 1 atom stereocenters. The number of carboxylic acid groups (broad SMARTS) is 1. The molecule has 1 aromatic heterocycles. The van der Waals surface area contributed by atoms with Gasteiger partial charge in [-0.25, -0.2) is 9.78 Å². The van der Waals surface area contributed by atoms with E-state index in [4.69, 9.17) is 20.3 Å². The maximum Gasteiger partial charge on any atom is 0.354 e. The third-order valence-electron chi connectivity index (χ3n) is 2.79. The quantitative estimate of drug-likeness (QED) is 0.839. The van der Waals surface area contributed by atoms with Crippen molar-refractivity contribution >= 4 is 11.7 Å². The van der Waals surface area contributed by atoms with Gasteiger partial charge in [0.2, 0.25) is 5.88 Å². The molecule has 0 spiro atoms. The van der Waals surface area contributed by atoms with Gasteiger partial charge in [-0.1, -0.05) is 0 Å². The van der Waals surface area contributed by atoms with Gasteiger partial charge in [0.25, 0.3) is 0 Å². The van der Waals surface area contributed by atoms with Crippen molar-refractivity contribution in [1.29, 1.82) is 0 Å². The fraction of sp³-hybridized carbons (Fsp3) is 0.500. The van der Waals surface area contributed by atoms with Gasteiger partial charge in [0.05, 0.1) is 11.8 Å². The topological polar surface area (TPSA) is 94.7 Å². The molecule has 2 heterocycles. The Morgan fingerprint density at radius 2 is 2.39 bits per heavy atom. The molecule has 6 nitrogen and oxygen atoms in total. The molecule has 0 amide bonds. The van der Waals surface area contributed by atoms with E-state index in [1.165, 1.54) is 12.1 Å². The summed E-state index contributed by atoms with van der Waals surface area (Å²) in [4.78, 5) is 14.6. The maximum absolute atomic E-state index is 10.8. The van der Waals surface area contributed by atoms with E-state index in [0.29, 0.717) is 12.3 Å². The summed E-state index contributed by atoms with van der Waals surface area (Å²) in [7, 11) is 0. The van der Waals surface area contributed by atoms with Crippen molar-refractivity contribution in [3.8, 4) is 5.88 Å². The van der Waals surface area contributed by atoms with Crippen LogP contribution in [0.1, 0.15) is 29.8 Å². The van der Waals surface area contributed by atoms with Gasteiger partial charge in [-0.2, -0.15) is 0 Å². The number of carbonyl (C=O) groups is 1. The molecule has 1 aromatic rings. The highest BCUT2D eigenvalue weighted by molar-refractivity contribution is 5.86. The number of aromatic carboxylic acids is 1. The number of pyridine rings is 1. The number of nitrogen functional groups attached to an aromatic ring is 1. The van der Waals surface area contributed by atoms with Gasteiger partial charge in [-0.3, -0.25) is 0 Å². The molecule has 0 radical (unpaired) electrons. The van der Waals surface area contributed by atoms with Crippen LogP contribution in [0.15, 0.2) is 12.1 Å². The first-order chi connectivity index (χ1) is 8.66. The molecule has 1 aliphatic rings. The van der Waals surface area contributed by atoms with E-state index in [-0.39, 0.29) is 17.7 Å². The van der Waals surface area contributed by atoms with Crippen LogP contribution < -0.4 is 10.5 Å². The van der Waals surface area contributed by atoms with Crippen molar-refractivity contribution in [1.82, 2.24) is 4.98 Å². The molecule has 18 heavy (non-hydrogen) atoms. The summed E-state index contributed by atoms with van der Waals surface area (Å²) in [5.74, 6) is -0.946. The second kappa shape index (κ2) is 5.68. The van der Waals surface area contributed by atoms with Gasteiger partial charge >= 0.3 is 5.97 Å². The minimum Gasteiger partial charge on any atom is -0.477 e. The van der Waals surface area contributed by atoms with Crippen LogP contribution >= 0.6 is 0 Å². The molecule has 0 aliphatic carbocycles. The summed E-state index contributed by atoms with van der Waals surface area (Å²) in [5, 5.41) is 8.83. The van der Waals surface area contributed by atoms with Crippen LogP contribution in [0.3, 0.4) is 0 Å². The molecule has 6 heteroatoms. The Morgan fingerprint density at radius 3 is 3.06 bits per heavy atom. The van der Waals surface area contributed by atoms with Gasteiger partial charge in [-0.05, 0) is 31.4 Å². The van der Waals surface area contributed by atoms with Crippen molar-refractivity contribution < 1.29 is 19.4 Å². The Balaban J connectivity index is 1.99. The number of ether oxygens (including phenoxy) is 2. The van der Waals surface area contributed by atoms with Crippen LogP contribution in [-0.4, -0.2) is 35.4 Å². The van der Waals surface area contributed by atoms with Crippen molar-refractivity contribution in [2.45, 2.75) is 25.4 Å². The largest absolute Gasteiger partial charge is 0.477 e. The van der Waals surface area contributed by atoms with Crippen molar-refractivity contribution in [3.05, 3.63) is 17.8 Å². The molecular weight excluding hydrogens is 236 g/mol. The fourth-order valence-electron chi connectivity index (χ4n) is 1.80. The van der Waals surface area contributed by atoms with Gasteiger partial charge < -0.3 is 20.3 Å². The molecule has 1 saturated heterocycles. The fourth-order valence-corrected chi connectivity index (χ4v) is 1.80. The molecular formula is C12H16N2O4. The number of nitrogens with two attached hydrogens (primary N) is 1. The minimum atomic E-state index is -1.10. The molecule has 1 unspecified atom stereocenters. The summed E-state index contributed by atoms with van der Waals surface area (Å²) in [6.45, 7) is 1.09. The van der Waals surface area contributed by atoms with E-state index in [0.717, 1.165) is 25.9 Å². The number of hydrogen-bond acceptors (Lipinski definition) is 5. The predicted octanol–water partition coefficient (Wildman–Crippen LogP) is 1.31. The molecule has 1 fully saturated rings. The highest BCUT2D eigenvalue weighted by Crippen LogP contribution is 2.20. The lowest BCUT2D eigenvalue weighted by Crippen LogP contribution is -2.26. The first-order valence-corrected chi connectivity index (χ1v) is 5.91. The maximum atomic E-state index is 10.8. The van der Waals surface area contributed by atoms with Gasteiger partial charge in [-0.15, -0.1) is 0 Å². The first-order valence-electron chi connectivity index (χ1n) is 5.91. The Bertz CT molecular complexity index is 430.